The van der Waals surface area contributed by atoms with E-state index in [4.69, 9.17) is 9.94 Å². The molecule has 1 aromatic rings. The second-order valence-corrected chi connectivity index (χ2v) is 7.25. The van der Waals surface area contributed by atoms with Gasteiger partial charge in [0.05, 0.1) is 12.3 Å². The third-order valence-corrected chi connectivity index (χ3v) is 5.48. The number of oxime groups is 1. The molecule has 5 nitrogen and oxygen atoms in total. The van der Waals surface area contributed by atoms with Gasteiger partial charge < -0.3 is 14.8 Å². The van der Waals surface area contributed by atoms with Gasteiger partial charge in [-0.3, -0.25) is 4.90 Å². The van der Waals surface area contributed by atoms with E-state index in [1.807, 2.05) is 24.3 Å². The molecule has 2 fully saturated rings. The van der Waals surface area contributed by atoms with Crippen LogP contribution in [0, 0.1) is 0 Å². The number of piperazine rings is 1. The molecule has 25 heavy (non-hydrogen) atoms. The fourth-order valence-electron chi connectivity index (χ4n) is 3.90. The maximum Gasteiger partial charge on any atom is 0.119 e. The van der Waals surface area contributed by atoms with Crippen molar-refractivity contribution in [1.29, 1.82) is 0 Å². The van der Waals surface area contributed by atoms with Crippen LogP contribution in [0.3, 0.4) is 0 Å². The first-order chi connectivity index (χ1) is 12.3. The zero-order valence-corrected chi connectivity index (χ0v) is 15.4. The summed E-state index contributed by atoms with van der Waals surface area (Å²) in [5, 5.41) is 12.0. The van der Waals surface area contributed by atoms with Gasteiger partial charge in [-0.05, 0) is 75.5 Å². The molecule has 1 aromatic carbocycles. The maximum atomic E-state index is 8.78. The van der Waals surface area contributed by atoms with E-state index in [1.165, 1.54) is 58.4 Å². The molecule has 0 amide bonds. The predicted octanol–water partition coefficient (Wildman–Crippen LogP) is 3.21. The van der Waals surface area contributed by atoms with E-state index in [-0.39, 0.29) is 0 Å². The van der Waals surface area contributed by atoms with Crippen LogP contribution in [0.25, 0.3) is 0 Å². The lowest BCUT2D eigenvalue weighted by atomic mass is 9.99. The van der Waals surface area contributed by atoms with Crippen LogP contribution in [-0.4, -0.2) is 66.1 Å². The third kappa shape index (κ3) is 5.19. The summed E-state index contributed by atoms with van der Waals surface area (Å²) in [5.74, 6) is 0.880. The third-order valence-electron chi connectivity index (χ3n) is 5.48. The molecule has 0 radical (unpaired) electrons. The molecule has 0 bridgehead atoms. The first kappa shape index (κ1) is 18.2. The van der Waals surface area contributed by atoms with Crippen LogP contribution in [-0.2, 0) is 0 Å². The van der Waals surface area contributed by atoms with Gasteiger partial charge >= 0.3 is 0 Å². The lowest BCUT2D eigenvalue weighted by Crippen LogP contribution is -2.54. The standard InChI is InChI=1S/C20H31N3O2/c1-17(21-24)18-7-9-20(10-8-18)25-15-5-4-11-22-13-14-23-12-3-2-6-19(23)16-22/h7-10,19,24H,2-6,11-16H2,1H3. The minimum absolute atomic E-state index is 0.615. The van der Waals surface area contributed by atoms with Gasteiger partial charge in [0, 0.05) is 25.7 Å². The number of hydrogen-bond acceptors (Lipinski definition) is 5. The summed E-state index contributed by atoms with van der Waals surface area (Å²) in [4.78, 5) is 5.33. The Morgan fingerprint density at radius 1 is 1.16 bits per heavy atom. The van der Waals surface area contributed by atoms with E-state index >= 15 is 0 Å². The smallest absolute Gasteiger partial charge is 0.119 e. The van der Waals surface area contributed by atoms with Gasteiger partial charge in [0.2, 0.25) is 0 Å². The fraction of sp³-hybridized carbons (Fsp3) is 0.650. The molecule has 0 saturated carbocycles. The predicted molar refractivity (Wildman–Crippen MR) is 101 cm³/mol. The Kier molecular flexibility index (Phi) is 6.70. The normalized spacial score (nSPS) is 22.6. The Balaban J connectivity index is 1.31. The summed E-state index contributed by atoms with van der Waals surface area (Å²) in [6.45, 7) is 8.79. The van der Waals surface area contributed by atoms with E-state index in [0.717, 1.165) is 30.4 Å². The summed E-state index contributed by atoms with van der Waals surface area (Å²) in [6, 6.07) is 8.53. The lowest BCUT2D eigenvalue weighted by molar-refractivity contribution is 0.0482. The van der Waals surface area contributed by atoms with Crippen molar-refractivity contribution in [2.24, 2.45) is 5.16 Å². The summed E-state index contributed by atoms with van der Waals surface area (Å²) < 4.78 is 5.82. The molecular formula is C20H31N3O2. The Labute approximate surface area is 151 Å². The van der Waals surface area contributed by atoms with Crippen LogP contribution in [0.15, 0.2) is 29.4 Å². The first-order valence-electron chi connectivity index (χ1n) is 9.64. The van der Waals surface area contributed by atoms with E-state index < -0.39 is 0 Å². The number of rotatable bonds is 7. The van der Waals surface area contributed by atoms with E-state index in [0.29, 0.717) is 5.71 Å². The van der Waals surface area contributed by atoms with Gasteiger partial charge in [0.15, 0.2) is 0 Å². The largest absolute Gasteiger partial charge is 0.494 e. The summed E-state index contributed by atoms with van der Waals surface area (Å²) in [6.07, 6.45) is 6.47. The molecule has 3 rings (SSSR count). The van der Waals surface area contributed by atoms with Gasteiger partial charge in [-0.1, -0.05) is 11.6 Å². The molecule has 2 heterocycles. The van der Waals surface area contributed by atoms with Crippen LogP contribution in [0.2, 0.25) is 0 Å². The highest BCUT2D eigenvalue weighted by Gasteiger charge is 2.28. The molecule has 0 aromatic heterocycles. The van der Waals surface area contributed by atoms with Crippen molar-refractivity contribution >= 4 is 5.71 Å². The maximum absolute atomic E-state index is 8.78. The molecule has 2 aliphatic heterocycles. The molecule has 1 atom stereocenters. The van der Waals surface area contributed by atoms with Crippen molar-refractivity contribution in [3.8, 4) is 5.75 Å². The Morgan fingerprint density at radius 3 is 2.80 bits per heavy atom. The summed E-state index contributed by atoms with van der Waals surface area (Å²) in [7, 11) is 0. The van der Waals surface area contributed by atoms with Crippen molar-refractivity contribution < 1.29 is 9.94 Å². The van der Waals surface area contributed by atoms with Gasteiger partial charge in [-0.15, -0.1) is 0 Å². The number of hydrogen-bond donors (Lipinski definition) is 1. The zero-order valence-electron chi connectivity index (χ0n) is 15.4. The molecule has 2 aliphatic rings. The molecule has 0 spiro atoms. The minimum Gasteiger partial charge on any atom is -0.494 e. The average Bonchev–Trinajstić information content (AvgIpc) is 2.67. The zero-order chi connectivity index (χ0) is 17.5. The molecule has 1 N–H and O–H groups in total. The molecule has 0 aliphatic carbocycles. The van der Waals surface area contributed by atoms with Gasteiger partial charge in [0.25, 0.3) is 0 Å². The van der Waals surface area contributed by atoms with E-state index in [9.17, 15) is 0 Å². The number of piperidine rings is 1. The number of fused-ring (bicyclic) bond motifs is 1. The molecular weight excluding hydrogens is 314 g/mol. The monoisotopic (exact) mass is 345 g/mol. The highest BCUT2D eigenvalue weighted by Crippen LogP contribution is 2.21. The van der Waals surface area contributed by atoms with Gasteiger partial charge in [-0.25, -0.2) is 0 Å². The first-order valence-corrected chi connectivity index (χ1v) is 9.64. The fourth-order valence-corrected chi connectivity index (χ4v) is 3.90. The molecule has 2 saturated heterocycles. The SMILES string of the molecule is CC(=NO)c1ccc(OCCCCN2CCN3CCCCC3C2)cc1. The van der Waals surface area contributed by atoms with Crippen molar-refractivity contribution in [3.63, 3.8) is 0 Å². The van der Waals surface area contributed by atoms with Crippen LogP contribution >= 0.6 is 0 Å². The van der Waals surface area contributed by atoms with Crippen molar-refractivity contribution in [2.45, 2.75) is 45.1 Å². The highest BCUT2D eigenvalue weighted by atomic mass is 16.5. The van der Waals surface area contributed by atoms with Crippen LogP contribution in [0.1, 0.15) is 44.6 Å². The number of benzene rings is 1. The second-order valence-electron chi connectivity index (χ2n) is 7.25. The second kappa shape index (κ2) is 9.20. The number of ether oxygens (including phenoxy) is 1. The summed E-state index contributed by atoms with van der Waals surface area (Å²) >= 11 is 0. The van der Waals surface area contributed by atoms with Crippen molar-refractivity contribution in [3.05, 3.63) is 29.8 Å². The van der Waals surface area contributed by atoms with E-state index in [1.54, 1.807) is 6.92 Å². The van der Waals surface area contributed by atoms with Gasteiger partial charge in [0.1, 0.15) is 5.75 Å². The molecule has 5 heteroatoms. The van der Waals surface area contributed by atoms with Crippen LogP contribution < -0.4 is 4.74 Å². The molecule has 138 valence electrons. The number of unbranched alkanes of at least 4 members (excludes halogenated alkanes) is 1. The average molecular weight is 345 g/mol. The number of nitrogens with zero attached hydrogens (tertiary/aromatic N) is 3. The topological polar surface area (TPSA) is 48.3 Å². The van der Waals surface area contributed by atoms with Crippen molar-refractivity contribution in [1.82, 2.24) is 9.80 Å². The Bertz CT molecular complexity index is 559. The lowest BCUT2D eigenvalue weighted by Gasteiger charge is -2.44. The van der Waals surface area contributed by atoms with Gasteiger partial charge in [-0.2, -0.15) is 0 Å². The Morgan fingerprint density at radius 2 is 2.00 bits per heavy atom. The summed E-state index contributed by atoms with van der Waals surface area (Å²) in [5.41, 5.74) is 1.53. The van der Waals surface area contributed by atoms with Crippen LogP contribution in [0.5, 0.6) is 5.75 Å². The highest BCUT2D eigenvalue weighted by molar-refractivity contribution is 5.98. The quantitative estimate of drug-likeness (QED) is 0.357. The minimum atomic E-state index is 0.615. The van der Waals surface area contributed by atoms with Crippen LogP contribution in [0.4, 0.5) is 0 Å². The molecule has 1 unspecified atom stereocenters. The van der Waals surface area contributed by atoms with Crippen molar-refractivity contribution in [2.75, 3.05) is 39.3 Å². The van der Waals surface area contributed by atoms with E-state index in [2.05, 4.69) is 15.0 Å². The Hall–Kier alpha value is -1.59.